The summed E-state index contributed by atoms with van der Waals surface area (Å²) in [5.74, 6) is -1.88. The van der Waals surface area contributed by atoms with Gasteiger partial charge in [0.25, 0.3) is 12.1 Å². The summed E-state index contributed by atoms with van der Waals surface area (Å²) in [7, 11) is 2.96. The Hall–Kier alpha value is -2.76. The van der Waals surface area contributed by atoms with Crippen LogP contribution in [0.25, 0.3) is 0 Å². The van der Waals surface area contributed by atoms with E-state index >= 15 is 0 Å². The molecule has 12 heteroatoms. The van der Waals surface area contributed by atoms with E-state index in [-0.39, 0.29) is 12.6 Å². The fourth-order valence-electron chi connectivity index (χ4n) is 1.06. The van der Waals surface area contributed by atoms with Gasteiger partial charge in [-0.1, -0.05) is 0 Å². The maximum atomic E-state index is 11.9. The van der Waals surface area contributed by atoms with Gasteiger partial charge in [-0.25, -0.2) is 10.3 Å². The molecule has 0 aliphatic heterocycles. The lowest BCUT2D eigenvalue weighted by molar-refractivity contribution is -0.158. The summed E-state index contributed by atoms with van der Waals surface area (Å²) in [6.07, 6.45) is -2.37. The normalized spacial score (nSPS) is 13.5. The van der Waals surface area contributed by atoms with Gasteiger partial charge in [-0.05, 0) is 19.0 Å². The third-order valence-corrected chi connectivity index (χ3v) is 2.13. The topological polar surface area (TPSA) is 180 Å². The van der Waals surface area contributed by atoms with Crippen LogP contribution < -0.4 is 22.7 Å². The monoisotopic (exact) mass is 333 g/mol. The van der Waals surface area contributed by atoms with E-state index in [4.69, 9.17) is 31.6 Å². The first-order valence-corrected chi connectivity index (χ1v) is 6.56. The number of carbonyl (C=O) groups is 2. The smallest absolute Gasteiger partial charge is 0.337 e. The van der Waals surface area contributed by atoms with Gasteiger partial charge in [0.15, 0.2) is 6.10 Å². The van der Waals surface area contributed by atoms with E-state index in [1.54, 1.807) is 6.92 Å². The molecule has 23 heavy (non-hydrogen) atoms. The summed E-state index contributed by atoms with van der Waals surface area (Å²) < 4.78 is 4.74. The lowest BCUT2D eigenvalue weighted by atomic mass is 10.4. The third-order valence-electron chi connectivity index (χ3n) is 2.13. The van der Waals surface area contributed by atoms with Crippen LogP contribution in [0, 0.1) is 0 Å². The van der Waals surface area contributed by atoms with Gasteiger partial charge in [-0.2, -0.15) is 4.99 Å². The molecule has 7 N–H and O–H groups in total. The van der Waals surface area contributed by atoms with Crippen LogP contribution in [-0.4, -0.2) is 61.7 Å². The maximum Gasteiger partial charge on any atom is 0.337 e. The van der Waals surface area contributed by atoms with Crippen molar-refractivity contribution in [1.82, 2.24) is 10.4 Å². The van der Waals surface area contributed by atoms with Crippen molar-refractivity contribution in [3.05, 3.63) is 0 Å². The Morgan fingerprint density at radius 1 is 1.26 bits per heavy atom. The first-order valence-electron chi connectivity index (χ1n) is 6.56. The van der Waals surface area contributed by atoms with E-state index in [1.165, 1.54) is 25.9 Å². The molecule has 12 nitrogen and oxygen atoms in total. The van der Waals surface area contributed by atoms with Gasteiger partial charge >= 0.3 is 5.97 Å². The molecular formula is C11H23N7O5. The highest BCUT2D eigenvalue weighted by molar-refractivity contribution is 5.85. The van der Waals surface area contributed by atoms with Crippen molar-refractivity contribution in [2.24, 2.45) is 27.3 Å². The quantitative estimate of drug-likeness (QED) is 0.160. The van der Waals surface area contributed by atoms with Crippen LogP contribution in [-0.2, 0) is 24.0 Å². The molecule has 2 atom stereocenters. The molecule has 0 aliphatic carbocycles. The summed E-state index contributed by atoms with van der Waals surface area (Å²) in [5, 5.41) is 3.25. The number of nitrogens with zero attached hydrogens (tertiary/aromatic N) is 3. The molecule has 0 aromatic rings. The minimum absolute atomic E-state index is 0.210. The number of amides is 1. The molecule has 0 rings (SSSR count). The fourth-order valence-corrected chi connectivity index (χ4v) is 1.06. The Morgan fingerprint density at radius 2 is 1.87 bits per heavy atom. The van der Waals surface area contributed by atoms with E-state index < -0.39 is 30.2 Å². The van der Waals surface area contributed by atoms with Crippen LogP contribution >= 0.6 is 0 Å². The van der Waals surface area contributed by atoms with E-state index in [0.29, 0.717) is 0 Å². The molecule has 0 aromatic carbocycles. The second kappa shape index (κ2) is 10.0. The van der Waals surface area contributed by atoms with Crippen LogP contribution in [0.5, 0.6) is 0 Å². The Labute approximate surface area is 133 Å². The number of aliphatic imine (C=N–C) groups is 1. The number of likely N-dealkylation sites (N-methyl/N-ethyl adjacent to an activating group) is 1. The van der Waals surface area contributed by atoms with E-state index in [2.05, 4.69) is 15.6 Å². The zero-order chi connectivity index (χ0) is 18.0. The molecule has 132 valence electrons. The number of esters is 1. The molecule has 0 heterocycles. The van der Waals surface area contributed by atoms with Gasteiger partial charge < -0.3 is 31.7 Å². The average Bonchev–Trinajstić information content (AvgIpc) is 2.48. The standard InChI is InChI=1S/C11H23N7O5/c1-5-21-9(20)6(2)22-17-11(14)15-7(8(19)18(3)4)23-16-10(12)13/h6-7H,5H2,1-4H3,(H4,12,13,16)(H3,14,15,17). The molecule has 0 radical (unpaired) electrons. The lowest BCUT2D eigenvalue weighted by Crippen LogP contribution is -2.41. The summed E-state index contributed by atoms with van der Waals surface area (Å²) in [6.45, 7) is 3.31. The predicted molar refractivity (Wildman–Crippen MR) is 81.3 cm³/mol. The lowest BCUT2D eigenvalue weighted by Gasteiger charge is -2.17. The maximum absolute atomic E-state index is 11.9. The van der Waals surface area contributed by atoms with Gasteiger partial charge in [-0.15, -0.1) is 0 Å². The Kier molecular flexibility index (Phi) is 8.84. The number of ether oxygens (including phenoxy) is 1. The van der Waals surface area contributed by atoms with Crippen molar-refractivity contribution in [3.63, 3.8) is 0 Å². The second-order valence-corrected chi connectivity index (χ2v) is 4.34. The third kappa shape index (κ3) is 8.31. The van der Waals surface area contributed by atoms with Gasteiger partial charge in [0.1, 0.15) is 0 Å². The van der Waals surface area contributed by atoms with Crippen LogP contribution in [0.4, 0.5) is 0 Å². The predicted octanol–water partition coefficient (Wildman–Crippen LogP) is -2.61. The number of nitrogens with one attached hydrogen (secondary N) is 1. The number of hydroxylamine groups is 1. The molecule has 0 spiro atoms. The molecule has 0 aromatic heterocycles. The fraction of sp³-hybridized carbons (Fsp3) is 0.636. The van der Waals surface area contributed by atoms with Crippen molar-refractivity contribution in [3.8, 4) is 0 Å². The van der Waals surface area contributed by atoms with Crippen molar-refractivity contribution in [1.29, 1.82) is 0 Å². The molecule has 0 saturated carbocycles. The van der Waals surface area contributed by atoms with Crippen LogP contribution in [0.2, 0.25) is 0 Å². The number of nitrogens with two attached hydrogens (primary N) is 3. The van der Waals surface area contributed by atoms with Crippen molar-refractivity contribution in [2.75, 3.05) is 20.7 Å². The van der Waals surface area contributed by atoms with Gasteiger partial charge in [0, 0.05) is 14.1 Å². The number of oxime groups is 1. The van der Waals surface area contributed by atoms with Gasteiger partial charge in [0.2, 0.25) is 11.9 Å². The van der Waals surface area contributed by atoms with Gasteiger partial charge in [0.05, 0.1) is 6.61 Å². The minimum Gasteiger partial charge on any atom is -0.464 e. The molecule has 0 bridgehead atoms. The Morgan fingerprint density at radius 3 is 2.35 bits per heavy atom. The van der Waals surface area contributed by atoms with Crippen molar-refractivity contribution < 1.29 is 24.0 Å². The van der Waals surface area contributed by atoms with E-state index in [0.717, 1.165) is 0 Å². The first kappa shape index (κ1) is 20.2. The van der Waals surface area contributed by atoms with Crippen molar-refractivity contribution in [2.45, 2.75) is 26.2 Å². The van der Waals surface area contributed by atoms with Crippen molar-refractivity contribution >= 4 is 23.8 Å². The number of carbonyl (C=O) groups excluding carboxylic acids is 2. The number of guanidine groups is 2. The summed E-state index contributed by atoms with van der Waals surface area (Å²) in [6, 6.07) is 0. The van der Waals surface area contributed by atoms with Crippen LogP contribution in [0.15, 0.2) is 10.1 Å². The number of rotatable bonds is 8. The zero-order valence-electron chi connectivity index (χ0n) is 13.5. The molecule has 0 aliphatic rings. The highest BCUT2D eigenvalue weighted by Crippen LogP contribution is 2.00. The minimum atomic E-state index is -1.43. The summed E-state index contributed by atoms with van der Waals surface area (Å²) in [5.41, 5.74) is 18.0. The highest BCUT2D eigenvalue weighted by Gasteiger charge is 2.22. The average molecular weight is 333 g/mol. The number of hydrogen-bond donors (Lipinski definition) is 4. The summed E-state index contributed by atoms with van der Waals surface area (Å²) in [4.78, 5) is 37.9. The number of hydrogen-bond acceptors (Lipinski definition) is 7. The molecule has 2 unspecified atom stereocenters. The van der Waals surface area contributed by atoms with E-state index in [9.17, 15) is 9.59 Å². The molecule has 0 fully saturated rings. The van der Waals surface area contributed by atoms with Crippen LogP contribution in [0.1, 0.15) is 13.8 Å². The highest BCUT2D eigenvalue weighted by atomic mass is 16.7. The summed E-state index contributed by atoms with van der Waals surface area (Å²) >= 11 is 0. The first-order chi connectivity index (χ1) is 10.7. The molecule has 0 saturated heterocycles. The zero-order valence-corrected chi connectivity index (χ0v) is 13.5. The molecule has 1 amide bonds. The SMILES string of the molecule is CCOC(=O)C(C)ONC(N)=NC(ON=C(N)N)C(=O)N(C)C. The largest absolute Gasteiger partial charge is 0.464 e. The van der Waals surface area contributed by atoms with Gasteiger partial charge in [-0.3, -0.25) is 9.63 Å². The van der Waals surface area contributed by atoms with Crippen LogP contribution in [0.3, 0.4) is 0 Å². The van der Waals surface area contributed by atoms with E-state index in [1.807, 2.05) is 0 Å². The molecular weight excluding hydrogens is 310 g/mol. The Bertz CT molecular complexity index is 462. The Balaban J connectivity index is 4.79. The second-order valence-electron chi connectivity index (χ2n) is 4.34.